The Kier molecular flexibility index (Phi) is 13.0. The van der Waals surface area contributed by atoms with Gasteiger partial charge in [-0.1, -0.05) is 153 Å². The first-order valence-corrected chi connectivity index (χ1v) is 12.3. The highest BCUT2D eigenvalue weighted by molar-refractivity contribution is 6.39. The Balaban J connectivity index is 1.72. The van der Waals surface area contributed by atoms with E-state index in [0.29, 0.717) is 0 Å². The SMILES string of the molecule is [B](C1CCCCCCCCCCCCCCC1)C1CCCCCCC1. The van der Waals surface area contributed by atoms with Crippen molar-refractivity contribution in [3.8, 4) is 0 Å². The molecular formula is C24H46B. The van der Waals surface area contributed by atoms with Crippen LogP contribution in [0.3, 0.4) is 0 Å². The lowest BCUT2D eigenvalue weighted by molar-refractivity contribution is 0.483. The number of rotatable bonds is 2. The van der Waals surface area contributed by atoms with Gasteiger partial charge < -0.3 is 0 Å². The van der Waals surface area contributed by atoms with Gasteiger partial charge >= 0.3 is 0 Å². The molecule has 0 atom stereocenters. The third-order valence-corrected chi connectivity index (χ3v) is 6.84. The minimum Gasteiger partial charge on any atom is -0.0686 e. The van der Waals surface area contributed by atoms with Gasteiger partial charge in [0.05, 0.1) is 0 Å². The number of hydrogen-bond donors (Lipinski definition) is 0. The van der Waals surface area contributed by atoms with E-state index in [4.69, 9.17) is 0 Å². The van der Waals surface area contributed by atoms with Crippen molar-refractivity contribution in [2.75, 3.05) is 0 Å². The molecule has 0 bridgehead atoms. The zero-order chi connectivity index (χ0) is 17.4. The van der Waals surface area contributed by atoms with E-state index in [1.165, 1.54) is 141 Å². The molecule has 0 N–H and O–H groups in total. The maximum atomic E-state index is 2.86. The molecule has 0 unspecified atom stereocenters. The largest absolute Gasteiger partial charge is 0.117 e. The van der Waals surface area contributed by atoms with Crippen LogP contribution in [0.4, 0.5) is 0 Å². The lowest BCUT2D eigenvalue weighted by Gasteiger charge is -2.24. The molecule has 0 aliphatic heterocycles. The minimum absolute atomic E-state index is 0.942. The highest BCUT2D eigenvalue weighted by atomic mass is 14.1. The van der Waals surface area contributed by atoms with Crippen molar-refractivity contribution in [3.05, 3.63) is 0 Å². The maximum Gasteiger partial charge on any atom is 0.117 e. The molecule has 1 radical (unpaired) electrons. The lowest BCUT2D eigenvalue weighted by atomic mass is 9.50. The fourth-order valence-electron chi connectivity index (χ4n) is 5.16. The van der Waals surface area contributed by atoms with Gasteiger partial charge in [-0.15, -0.1) is 0 Å². The molecule has 0 nitrogen and oxygen atoms in total. The van der Waals surface area contributed by atoms with Gasteiger partial charge in [0.2, 0.25) is 0 Å². The molecule has 0 aromatic rings. The highest BCUT2D eigenvalue weighted by Crippen LogP contribution is 2.33. The quantitative estimate of drug-likeness (QED) is 0.438. The van der Waals surface area contributed by atoms with Gasteiger partial charge in [0.25, 0.3) is 0 Å². The van der Waals surface area contributed by atoms with Crippen LogP contribution >= 0.6 is 0 Å². The Morgan fingerprint density at radius 3 is 0.720 bits per heavy atom. The van der Waals surface area contributed by atoms with E-state index in [1.54, 1.807) is 0 Å². The summed E-state index contributed by atoms with van der Waals surface area (Å²) in [6, 6.07) is 0. The molecule has 2 rings (SSSR count). The molecule has 0 amide bonds. The molecule has 1 heteroatoms. The van der Waals surface area contributed by atoms with Crippen molar-refractivity contribution in [1.82, 2.24) is 0 Å². The van der Waals surface area contributed by atoms with Crippen LogP contribution in [0.2, 0.25) is 11.6 Å². The van der Waals surface area contributed by atoms with Crippen LogP contribution in [0.1, 0.15) is 141 Å². The third-order valence-electron chi connectivity index (χ3n) is 6.84. The fraction of sp³-hybridized carbons (Fsp3) is 1.00. The molecule has 0 heterocycles. The molecule has 0 spiro atoms. The Hall–Kier alpha value is 0.0649. The van der Waals surface area contributed by atoms with Crippen molar-refractivity contribution < 1.29 is 0 Å². The van der Waals surface area contributed by atoms with Crippen LogP contribution in [-0.4, -0.2) is 7.28 Å². The Bertz CT molecular complexity index is 264. The first-order chi connectivity index (χ1) is 12.4. The molecule has 145 valence electrons. The first kappa shape index (κ1) is 21.4. The van der Waals surface area contributed by atoms with Crippen LogP contribution < -0.4 is 0 Å². The summed E-state index contributed by atoms with van der Waals surface area (Å²) in [4.78, 5) is 0. The monoisotopic (exact) mass is 345 g/mol. The predicted octanol–water partition coefficient (Wildman–Crippen LogP) is 8.88. The summed E-state index contributed by atoms with van der Waals surface area (Å²) in [6.45, 7) is 0. The van der Waals surface area contributed by atoms with Crippen molar-refractivity contribution >= 4 is 7.28 Å². The molecular weight excluding hydrogens is 299 g/mol. The summed E-state index contributed by atoms with van der Waals surface area (Å²) in [5.41, 5.74) is 0. The maximum absolute atomic E-state index is 2.86. The van der Waals surface area contributed by atoms with E-state index < -0.39 is 0 Å². The van der Waals surface area contributed by atoms with Crippen LogP contribution in [0.15, 0.2) is 0 Å². The Morgan fingerprint density at radius 2 is 0.480 bits per heavy atom. The molecule has 2 aliphatic rings. The van der Waals surface area contributed by atoms with E-state index in [0.717, 1.165) is 11.6 Å². The molecule has 2 fully saturated rings. The van der Waals surface area contributed by atoms with Crippen molar-refractivity contribution in [1.29, 1.82) is 0 Å². The second-order valence-electron chi connectivity index (χ2n) is 9.23. The Labute approximate surface area is 160 Å². The average molecular weight is 345 g/mol. The first-order valence-electron chi connectivity index (χ1n) is 12.3. The van der Waals surface area contributed by atoms with Gasteiger partial charge in [0.15, 0.2) is 0 Å². The molecule has 0 saturated heterocycles. The average Bonchev–Trinajstić information content (AvgIpc) is 2.58. The molecule has 2 aliphatic carbocycles. The van der Waals surface area contributed by atoms with Gasteiger partial charge in [0, 0.05) is 0 Å². The van der Waals surface area contributed by atoms with Crippen molar-refractivity contribution in [2.24, 2.45) is 0 Å². The molecule has 0 aromatic heterocycles. The van der Waals surface area contributed by atoms with E-state index in [1.807, 2.05) is 0 Å². The minimum atomic E-state index is 0.942. The third kappa shape index (κ3) is 11.4. The summed E-state index contributed by atoms with van der Waals surface area (Å²) >= 11 is 0. The zero-order valence-corrected chi connectivity index (χ0v) is 17.3. The van der Waals surface area contributed by atoms with Crippen LogP contribution in [0, 0.1) is 0 Å². The normalized spacial score (nSPS) is 25.8. The van der Waals surface area contributed by atoms with Gasteiger partial charge in [-0.3, -0.25) is 0 Å². The van der Waals surface area contributed by atoms with Gasteiger partial charge in [-0.25, -0.2) is 0 Å². The lowest BCUT2D eigenvalue weighted by Crippen LogP contribution is -2.13. The second-order valence-corrected chi connectivity index (χ2v) is 9.23. The van der Waals surface area contributed by atoms with E-state index in [2.05, 4.69) is 7.28 Å². The smallest absolute Gasteiger partial charge is 0.0686 e. The van der Waals surface area contributed by atoms with Gasteiger partial charge in [-0.2, -0.15) is 0 Å². The zero-order valence-electron chi connectivity index (χ0n) is 17.3. The summed E-state index contributed by atoms with van der Waals surface area (Å²) in [5, 5.41) is 0. The van der Waals surface area contributed by atoms with Crippen LogP contribution in [0.25, 0.3) is 0 Å². The number of hydrogen-bond acceptors (Lipinski definition) is 0. The second kappa shape index (κ2) is 15.2. The van der Waals surface area contributed by atoms with Gasteiger partial charge in [-0.05, 0) is 0 Å². The molecule has 0 aromatic carbocycles. The standard InChI is InChI=1S/C24H46B/c1-2-4-6-8-11-15-19-23(20-16-12-9-7-5-3-1)25-24-21-17-13-10-14-18-22-24/h23-24H,1-22H2. The van der Waals surface area contributed by atoms with Crippen molar-refractivity contribution in [2.45, 2.75) is 153 Å². The van der Waals surface area contributed by atoms with Crippen molar-refractivity contribution in [3.63, 3.8) is 0 Å². The van der Waals surface area contributed by atoms with E-state index >= 15 is 0 Å². The van der Waals surface area contributed by atoms with Crippen LogP contribution in [0.5, 0.6) is 0 Å². The predicted molar refractivity (Wildman–Crippen MR) is 115 cm³/mol. The summed E-state index contributed by atoms with van der Waals surface area (Å²) < 4.78 is 0. The fourth-order valence-corrected chi connectivity index (χ4v) is 5.16. The summed E-state index contributed by atoms with van der Waals surface area (Å²) in [5.74, 6) is 1.90. The van der Waals surface area contributed by atoms with Crippen LogP contribution in [-0.2, 0) is 0 Å². The van der Waals surface area contributed by atoms with E-state index in [-0.39, 0.29) is 0 Å². The molecule has 2 saturated carbocycles. The topological polar surface area (TPSA) is 0 Å². The van der Waals surface area contributed by atoms with E-state index in [9.17, 15) is 0 Å². The van der Waals surface area contributed by atoms with Gasteiger partial charge in [0.1, 0.15) is 7.28 Å². The summed E-state index contributed by atoms with van der Waals surface area (Å²) in [7, 11) is 2.86. The Morgan fingerprint density at radius 1 is 0.280 bits per heavy atom. The summed E-state index contributed by atoms with van der Waals surface area (Å²) in [6.07, 6.45) is 32.9. The molecule has 25 heavy (non-hydrogen) atoms. The highest BCUT2D eigenvalue weighted by Gasteiger charge is 2.19.